The molecule has 0 fully saturated rings. The molecule has 1 aromatic carbocycles. The van der Waals surface area contributed by atoms with Crippen molar-refractivity contribution in [3.05, 3.63) is 33.8 Å². The summed E-state index contributed by atoms with van der Waals surface area (Å²) in [6.07, 6.45) is 0. The largest absolute Gasteiger partial charge is 0.549 e. The Kier molecular flexibility index (Phi) is 4.98. The van der Waals surface area contributed by atoms with Crippen LogP contribution < -0.4 is 5.11 Å². The van der Waals surface area contributed by atoms with Crippen molar-refractivity contribution in [1.82, 2.24) is 4.31 Å². The van der Waals surface area contributed by atoms with Crippen LogP contribution in [0.2, 0.25) is 10.0 Å². The van der Waals surface area contributed by atoms with Crippen molar-refractivity contribution in [3.63, 3.8) is 0 Å². The maximum Gasteiger partial charge on any atom is 0.218 e. The zero-order valence-corrected chi connectivity index (χ0v) is 11.7. The molecule has 0 bridgehead atoms. The van der Waals surface area contributed by atoms with Crippen LogP contribution in [0.3, 0.4) is 0 Å². The molecule has 1 aromatic rings. The van der Waals surface area contributed by atoms with Gasteiger partial charge < -0.3 is 9.90 Å². The molecule has 18 heavy (non-hydrogen) atoms. The number of hydrogen-bond acceptors (Lipinski definition) is 4. The second-order valence-corrected chi connectivity index (χ2v) is 6.47. The number of likely N-dealkylation sites (N-methyl/N-ethyl adjacent to an activating group) is 1. The van der Waals surface area contributed by atoms with E-state index >= 15 is 0 Å². The Morgan fingerprint density at radius 3 is 2.28 bits per heavy atom. The molecule has 0 aliphatic heterocycles. The molecular formula is C10H10Cl2NO4S-. The van der Waals surface area contributed by atoms with Crippen molar-refractivity contribution in [2.24, 2.45) is 0 Å². The summed E-state index contributed by atoms with van der Waals surface area (Å²) in [5, 5.41) is 10.8. The van der Waals surface area contributed by atoms with Crippen LogP contribution in [0.25, 0.3) is 0 Å². The van der Waals surface area contributed by atoms with Crippen LogP contribution in [0, 0.1) is 0 Å². The van der Waals surface area contributed by atoms with E-state index in [-0.39, 0.29) is 15.6 Å². The predicted molar refractivity (Wildman–Crippen MR) is 66.7 cm³/mol. The Hall–Kier alpha value is -0.820. The second kappa shape index (κ2) is 5.88. The average molecular weight is 311 g/mol. The first kappa shape index (κ1) is 15.2. The molecule has 0 saturated heterocycles. The Bertz CT molecular complexity index is 539. The quantitative estimate of drug-likeness (QED) is 0.793. The van der Waals surface area contributed by atoms with E-state index in [1.807, 2.05) is 0 Å². The Morgan fingerprint density at radius 1 is 1.33 bits per heavy atom. The van der Waals surface area contributed by atoms with Crippen LogP contribution in [0.15, 0.2) is 18.2 Å². The molecule has 0 atom stereocenters. The van der Waals surface area contributed by atoms with E-state index in [1.165, 1.54) is 12.1 Å². The summed E-state index contributed by atoms with van der Waals surface area (Å²) in [5.74, 6) is -1.94. The van der Waals surface area contributed by atoms with Gasteiger partial charge in [-0.05, 0) is 12.1 Å². The molecule has 0 aliphatic rings. The molecule has 1 rings (SSSR count). The molecule has 0 heterocycles. The summed E-state index contributed by atoms with van der Waals surface area (Å²) in [4.78, 5) is 10.4. The summed E-state index contributed by atoms with van der Waals surface area (Å²) in [6, 6.07) is 4.61. The third-order valence-corrected chi connectivity index (χ3v) is 4.66. The first-order chi connectivity index (χ1) is 8.24. The van der Waals surface area contributed by atoms with Crippen molar-refractivity contribution in [2.45, 2.75) is 5.75 Å². The van der Waals surface area contributed by atoms with Gasteiger partial charge in [-0.2, -0.15) is 4.31 Å². The van der Waals surface area contributed by atoms with Gasteiger partial charge in [0.2, 0.25) is 10.0 Å². The fourth-order valence-electron chi connectivity index (χ4n) is 1.24. The minimum absolute atomic E-state index is 0.216. The third-order valence-electron chi connectivity index (χ3n) is 2.22. The number of carbonyl (C=O) groups is 1. The van der Waals surface area contributed by atoms with Crippen LogP contribution in [-0.4, -0.2) is 32.3 Å². The molecule has 0 spiro atoms. The maximum atomic E-state index is 11.9. The first-order valence-electron chi connectivity index (χ1n) is 4.81. The summed E-state index contributed by atoms with van der Waals surface area (Å²) < 4.78 is 24.4. The molecule has 5 nitrogen and oxygen atoms in total. The van der Waals surface area contributed by atoms with Crippen LogP contribution in [0.5, 0.6) is 0 Å². The van der Waals surface area contributed by atoms with Gasteiger partial charge in [0.1, 0.15) is 0 Å². The number of halogens is 2. The monoisotopic (exact) mass is 310 g/mol. The van der Waals surface area contributed by atoms with E-state index in [4.69, 9.17) is 23.2 Å². The standard InChI is InChI=1S/C10H11Cl2NO4S/c1-13(5-10(14)15)18(16,17)6-7-8(11)3-2-4-9(7)12/h2-4H,5-6H2,1H3,(H,14,15)/p-1. The van der Waals surface area contributed by atoms with Gasteiger partial charge in [0.05, 0.1) is 18.3 Å². The van der Waals surface area contributed by atoms with Crippen molar-refractivity contribution >= 4 is 39.2 Å². The van der Waals surface area contributed by atoms with Crippen LogP contribution in [0.1, 0.15) is 5.56 Å². The van der Waals surface area contributed by atoms with Crippen molar-refractivity contribution in [3.8, 4) is 0 Å². The zero-order chi connectivity index (χ0) is 13.9. The summed E-state index contributed by atoms with van der Waals surface area (Å²) in [6.45, 7) is -0.718. The highest BCUT2D eigenvalue weighted by Gasteiger charge is 2.21. The normalized spacial score (nSPS) is 11.8. The third kappa shape index (κ3) is 3.84. The molecule has 100 valence electrons. The van der Waals surface area contributed by atoms with Crippen LogP contribution >= 0.6 is 23.2 Å². The van der Waals surface area contributed by atoms with E-state index in [0.717, 1.165) is 7.05 Å². The Balaban J connectivity index is 2.99. The van der Waals surface area contributed by atoms with Crippen molar-refractivity contribution in [1.29, 1.82) is 0 Å². The lowest BCUT2D eigenvalue weighted by Gasteiger charge is -2.18. The fourth-order valence-corrected chi connectivity index (χ4v) is 3.13. The number of rotatable bonds is 5. The van der Waals surface area contributed by atoms with Gasteiger partial charge in [-0.3, -0.25) is 0 Å². The highest BCUT2D eigenvalue weighted by Crippen LogP contribution is 2.26. The SMILES string of the molecule is CN(CC(=O)[O-])S(=O)(=O)Cc1c(Cl)cccc1Cl. The number of carbonyl (C=O) groups excluding carboxylic acids is 1. The highest BCUT2D eigenvalue weighted by molar-refractivity contribution is 7.88. The van der Waals surface area contributed by atoms with Crippen LogP contribution in [-0.2, 0) is 20.6 Å². The lowest BCUT2D eigenvalue weighted by atomic mass is 10.2. The van der Waals surface area contributed by atoms with Gasteiger partial charge in [0.15, 0.2) is 0 Å². The smallest absolute Gasteiger partial charge is 0.218 e. The van der Waals surface area contributed by atoms with E-state index in [0.29, 0.717) is 4.31 Å². The van der Waals surface area contributed by atoms with Gasteiger partial charge in [-0.25, -0.2) is 8.42 Å². The topological polar surface area (TPSA) is 77.5 Å². The number of nitrogens with zero attached hydrogens (tertiary/aromatic N) is 1. The molecule has 0 saturated carbocycles. The predicted octanol–water partition coefficient (Wildman–Crippen LogP) is 0.505. The second-order valence-electron chi connectivity index (χ2n) is 3.58. The molecule has 8 heteroatoms. The minimum atomic E-state index is -3.81. The number of carboxylic acids is 1. The van der Waals surface area contributed by atoms with Crippen molar-refractivity contribution in [2.75, 3.05) is 13.6 Å². The summed E-state index contributed by atoms with van der Waals surface area (Å²) >= 11 is 11.7. The van der Waals surface area contributed by atoms with Gasteiger partial charge in [-0.1, -0.05) is 29.3 Å². The highest BCUT2D eigenvalue weighted by atomic mass is 35.5. The summed E-state index contributed by atoms with van der Waals surface area (Å²) in [7, 11) is -2.66. The van der Waals surface area contributed by atoms with Crippen molar-refractivity contribution < 1.29 is 18.3 Å². The minimum Gasteiger partial charge on any atom is -0.549 e. The van der Waals surface area contributed by atoms with Gasteiger partial charge >= 0.3 is 0 Å². The number of hydrogen-bond donors (Lipinski definition) is 0. The Labute approximate surface area is 115 Å². The fraction of sp³-hybridized carbons (Fsp3) is 0.300. The van der Waals surface area contributed by atoms with Gasteiger partial charge in [0, 0.05) is 22.7 Å². The van der Waals surface area contributed by atoms with Gasteiger partial charge in [0.25, 0.3) is 0 Å². The average Bonchev–Trinajstić information content (AvgIpc) is 2.22. The molecule has 0 amide bonds. The number of benzene rings is 1. The van der Waals surface area contributed by atoms with E-state index in [2.05, 4.69) is 0 Å². The van der Waals surface area contributed by atoms with E-state index in [1.54, 1.807) is 6.07 Å². The first-order valence-corrected chi connectivity index (χ1v) is 7.17. The molecule has 0 N–H and O–H groups in total. The zero-order valence-electron chi connectivity index (χ0n) is 9.39. The molecule has 0 aliphatic carbocycles. The molecular weight excluding hydrogens is 301 g/mol. The van der Waals surface area contributed by atoms with Gasteiger partial charge in [-0.15, -0.1) is 0 Å². The number of carboxylic acid groups (broad SMARTS) is 1. The van der Waals surface area contributed by atoms with E-state index < -0.39 is 28.3 Å². The Morgan fingerprint density at radius 2 is 1.83 bits per heavy atom. The number of aliphatic carboxylic acids is 1. The number of sulfonamides is 1. The van der Waals surface area contributed by atoms with E-state index in [9.17, 15) is 18.3 Å². The summed E-state index contributed by atoms with van der Waals surface area (Å²) in [5.41, 5.74) is 0.242. The molecule has 0 aromatic heterocycles. The van der Waals surface area contributed by atoms with Crippen LogP contribution in [0.4, 0.5) is 0 Å². The maximum absolute atomic E-state index is 11.9. The lowest BCUT2D eigenvalue weighted by molar-refractivity contribution is -0.305. The lowest BCUT2D eigenvalue weighted by Crippen LogP contribution is -2.39. The molecule has 0 unspecified atom stereocenters. The molecule has 0 radical (unpaired) electrons.